The van der Waals surface area contributed by atoms with Gasteiger partial charge in [0.2, 0.25) is 0 Å². The maximum atomic E-state index is 12.2. The van der Waals surface area contributed by atoms with Gasteiger partial charge in [0.05, 0.1) is 6.04 Å². The molecule has 142 valence electrons. The fourth-order valence-electron chi connectivity index (χ4n) is 2.71. The Morgan fingerprint density at radius 3 is 2.46 bits per heavy atom. The molecule has 6 heteroatoms. The van der Waals surface area contributed by atoms with Crippen molar-refractivity contribution in [3.05, 3.63) is 48.0 Å². The van der Waals surface area contributed by atoms with Crippen molar-refractivity contribution in [2.24, 2.45) is 4.99 Å². The van der Waals surface area contributed by atoms with Crippen LogP contribution in [0.5, 0.6) is 0 Å². The number of amides is 1. The molecule has 0 spiro atoms. The topological polar surface area (TPSA) is 74.8 Å². The molecule has 3 N–H and O–H groups in total. The minimum atomic E-state index is -0.536. The van der Waals surface area contributed by atoms with Gasteiger partial charge >= 0.3 is 6.09 Å². The molecule has 2 rings (SSSR count). The number of ether oxygens (including phenoxy) is 1. The molecule has 0 heterocycles. The second-order valence-electron chi connectivity index (χ2n) is 7.35. The summed E-state index contributed by atoms with van der Waals surface area (Å²) in [6.07, 6.45) is 5.90. The lowest BCUT2D eigenvalue weighted by molar-refractivity contribution is 0.0504. The summed E-state index contributed by atoms with van der Waals surface area (Å²) in [4.78, 5) is 16.5. The summed E-state index contributed by atoms with van der Waals surface area (Å²) in [6, 6.07) is 9.98. The Kier molecular flexibility index (Phi) is 7.06. The average Bonchev–Trinajstić information content (AvgIpc) is 3.09. The molecular formula is C20H30N4O2. The molecule has 1 aliphatic rings. The molecule has 1 aromatic carbocycles. The van der Waals surface area contributed by atoms with Crippen LogP contribution in [0.1, 0.15) is 45.2 Å². The Morgan fingerprint density at radius 1 is 1.23 bits per heavy atom. The predicted molar refractivity (Wildman–Crippen MR) is 105 cm³/mol. The van der Waals surface area contributed by atoms with Crippen LogP contribution in [0.15, 0.2) is 47.5 Å². The van der Waals surface area contributed by atoms with Gasteiger partial charge in [0.25, 0.3) is 0 Å². The predicted octanol–water partition coefficient (Wildman–Crippen LogP) is 3.14. The number of hydrogen-bond acceptors (Lipinski definition) is 3. The molecule has 1 unspecified atom stereocenters. The maximum absolute atomic E-state index is 12.2. The molecule has 0 aromatic heterocycles. The monoisotopic (exact) mass is 358 g/mol. The number of nitrogens with one attached hydrogen (secondary N) is 3. The average molecular weight is 358 g/mol. The molecule has 1 aliphatic carbocycles. The van der Waals surface area contributed by atoms with E-state index in [4.69, 9.17) is 4.74 Å². The first-order valence-corrected chi connectivity index (χ1v) is 9.04. The molecule has 0 aliphatic heterocycles. The molecule has 26 heavy (non-hydrogen) atoms. The van der Waals surface area contributed by atoms with Gasteiger partial charge in [-0.2, -0.15) is 0 Å². The summed E-state index contributed by atoms with van der Waals surface area (Å²) < 4.78 is 5.40. The normalized spacial score (nSPS) is 16.2. The van der Waals surface area contributed by atoms with Gasteiger partial charge in [-0.3, -0.25) is 4.99 Å². The number of nitrogens with zero attached hydrogens (tertiary/aromatic N) is 1. The summed E-state index contributed by atoms with van der Waals surface area (Å²) in [5.41, 5.74) is 0.468. The largest absolute Gasteiger partial charge is 0.444 e. The molecule has 1 atom stereocenters. The van der Waals surface area contributed by atoms with Crippen molar-refractivity contribution in [3.8, 4) is 0 Å². The highest BCUT2D eigenvalue weighted by Gasteiger charge is 2.21. The van der Waals surface area contributed by atoms with Crippen LogP contribution in [-0.4, -0.2) is 37.3 Å². The van der Waals surface area contributed by atoms with E-state index in [2.05, 4.69) is 33.1 Å². The number of guanidine groups is 1. The fourth-order valence-corrected chi connectivity index (χ4v) is 2.71. The van der Waals surface area contributed by atoms with Crippen LogP contribution in [-0.2, 0) is 4.74 Å². The van der Waals surface area contributed by atoms with Gasteiger partial charge in [-0.15, -0.1) is 0 Å². The van der Waals surface area contributed by atoms with E-state index in [0.29, 0.717) is 12.6 Å². The number of aliphatic imine (C=N–C) groups is 1. The summed E-state index contributed by atoms with van der Waals surface area (Å²) in [5.74, 6) is 0.727. The van der Waals surface area contributed by atoms with Crippen molar-refractivity contribution >= 4 is 12.1 Å². The van der Waals surface area contributed by atoms with Crippen molar-refractivity contribution < 1.29 is 9.53 Å². The van der Waals surface area contributed by atoms with E-state index in [1.165, 1.54) is 0 Å². The third-order valence-corrected chi connectivity index (χ3v) is 3.94. The van der Waals surface area contributed by atoms with E-state index in [-0.39, 0.29) is 6.04 Å². The number of carbonyl (C=O) groups is 1. The van der Waals surface area contributed by atoms with E-state index >= 15 is 0 Å². The lowest BCUT2D eigenvalue weighted by Crippen LogP contribution is -2.46. The van der Waals surface area contributed by atoms with Crippen molar-refractivity contribution in [2.75, 3.05) is 13.6 Å². The van der Waals surface area contributed by atoms with Crippen LogP contribution in [0, 0.1) is 0 Å². The molecule has 0 saturated heterocycles. The van der Waals surface area contributed by atoms with Gasteiger partial charge in [0.15, 0.2) is 5.96 Å². The number of alkyl carbamates (subject to hydrolysis) is 1. The standard InChI is InChI=1S/C20H30N4O2/c1-20(2,3)26-19(25)24-17(15-10-6-5-7-11-15)14-22-18(21-4)23-16-12-8-9-13-16/h5-11,16-17H,12-14H2,1-4H3,(H,24,25)(H2,21,22,23). The number of hydrogen-bond donors (Lipinski definition) is 3. The Balaban J connectivity index is 1.98. The zero-order chi connectivity index (χ0) is 19.0. The summed E-state index contributed by atoms with van der Waals surface area (Å²) >= 11 is 0. The van der Waals surface area contributed by atoms with Gasteiger partial charge < -0.3 is 20.7 Å². The van der Waals surface area contributed by atoms with Crippen molar-refractivity contribution in [2.45, 2.75) is 51.3 Å². The number of benzene rings is 1. The zero-order valence-corrected chi connectivity index (χ0v) is 16.1. The molecule has 0 fully saturated rings. The summed E-state index contributed by atoms with van der Waals surface area (Å²) in [5, 5.41) is 9.64. The SMILES string of the molecule is CN=C(NCC(NC(=O)OC(C)(C)C)c1ccccc1)NC1CC=CC1. The van der Waals surface area contributed by atoms with Crippen LogP contribution in [0.4, 0.5) is 4.79 Å². The van der Waals surface area contributed by atoms with Crippen LogP contribution >= 0.6 is 0 Å². The van der Waals surface area contributed by atoms with Crippen molar-refractivity contribution in [1.29, 1.82) is 0 Å². The van der Waals surface area contributed by atoms with Crippen LogP contribution < -0.4 is 16.0 Å². The molecule has 1 aromatic rings. The zero-order valence-electron chi connectivity index (χ0n) is 16.1. The third kappa shape index (κ3) is 6.78. The lowest BCUT2D eigenvalue weighted by Gasteiger charge is -2.25. The lowest BCUT2D eigenvalue weighted by atomic mass is 10.1. The van der Waals surface area contributed by atoms with Gasteiger partial charge in [-0.25, -0.2) is 4.79 Å². The molecule has 0 bridgehead atoms. The first-order chi connectivity index (χ1) is 12.4. The second-order valence-corrected chi connectivity index (χ2v) is 7.35. The van der Waals surface area contributed by atoms with E-state index in [0.717, 1.165) is 24.4 Å². The van der Waals surface area contributed by atoms with E-state index in [1.54, 1.807) is 7.05 Å². The first-order valence-electron chi connectivity index (χ1n) is 9.04. The highest BCUT2D eigenvalue weighted by Crippen LogP contribution is 2.14. The van der Waals surface area contributed by atoms with Crippen LogP contribution in [0.2, 0.25) is 0 Å². The van der Waals surface area contributed by atoms with Gasteiger partial charge in [-0.1, -0.05) is 42.5 Å². The molecule has 0 saturated carbocycles. The number of rotatable bonds is 5. The summed E-state index contributed by atoms with van der Waals surface area (Å²) in [7, 11) is 1.75. The second kappa shape index (κ2) is 9.27. The highest BCUT2D eigenvalue weighted by atomic mass is 16.6. The third-order valence-electron chi connectivity index (χ3n) is 3.94. The minimum absolute atomic E-state index is 0.230. The summed E-state index contributed by atoms with van der Waals surface area (Å²) in [6.45, 7) is 6.06. The number of carbonyl (C=O) groups excluding carboxylic acids is 1. The van der Waals surface area contributed by atoms with Gasteiger partial charge in [0.1, 0.15) is 5.60 Å². The Bertz CT molecular complexity index is 627. The van der Waals surface area contributed by atoms with Gasteiger partial charge in [-0.05, 0) is 39.2 Å². The van der Waals surface area contributed by atoms with E-state index in [9.17, 15) is 4.79 Å². The smallest absolute Gasteiger partial charge is 0.408 e. The van der Waals surface area contributed by atoms with E-state index < -0.39 is 11.7 Å². The first kappa shape index (κ1) is 19.8. The van der Waals surface area contributed by atoms with Gasteiger partial charge in [0, 0.05) is 19.6 Å². The highest BCUT2D eigenvalue weighted by molar-refractivity contribution is 5.80. The van der Waals surface area contributed by atoms with Crippen molar-refractivity contribution in [3.63, 3.8) is 0 Å². The quantitative estimate of drug-likeness (QED) is 0.429. The van der Waals surface area contributed by atoms with E-state index in [1.807, 2.05) is 51.1 Å². The van der Waals surface area contributed by atoms with Crippen LogP contribution in [0.25, 0.3) is 0 Å². The fraction of sp³-hybridized carbons (Fsp3) is 0.500. The molecule has 1 amide bonds. The molecule has 6 nitrogen and oxygen atoms in total. The molecule has 0 radical (unpaired) electrons. The minimum Gasteiger partial charge on any atom is -0.444 e. The Labute approximate surface area is 156 Å². The Morgan fingerprint density at radius 2 is 1.88 bits per heavy atom. The molecular weight excluding hydrogens is 328 g/mol. The maximum Gasteiger partial charge on any atom is 0.408 e. The van der Waals surface area contributed by atoms with Crippen LogP contribution in [0.3, 0.4) is 0 Å². The Hall–Kier alpha value is -2.50. The van der Waals surface area contributed by atoms with Crippen molar-refractivity contribution in [1.82, 2.24) is 16.0 Å².